The van der Waals surface area contributed by atoms with Gasteiger partial charge in [-0.05, 0) is 85.6 Å². The summed E-state index contributed by atoms with van der Waals surface area (Å²) < 4.78 is 37.9. The first-order valence-electron chi connectivity index (χ1n) is 18.1. The molecule has 7 rings (SSSR count). The van der Waals surface area contributed by atoms with Crippen molar-refractivity contribution in [3.8, 4) is 23.0 Å². The van der Waals surface area contributed by atoms with Gasteiger partial charge in [0.2, 0.25) is 0 Å². The monoisotopic (exact) mass is 712 g/mol. The molecule has 1 aliphatic carbocycles. The molecule has 9 nitrogen and oxygen atoms in total. The maximum Gasteiger partial charge on any atom is 0.280 e. The summed E-state index contributed by atoms with van der Waals surface area (Å²) in [5.74, 6) is 0.0609. The third kappa shape index (κ3) is 7.57. The standard InChI is InChI=1S/C39H46F2N6O3Si/c1-25-6-5-11-44(19-25)23-31-17-33-28(18-42)20-46(39(49)37(33)47(31)24-50-12-13-51(2,3)4)36-15-27(14-35(43-36)26-7-8-26)32-10-9-29(40)16-34(32)38(48)45-21-30(41)22-45/h9-10,14-17,20,25-26,30H,5-8,11-13,19,21-24H2,1-4H3/t25-/m0/s1. The summed E-state index contributed by atoms with van der Waals surface area (Å²) in [6.07, 6.45) is 4.64. The highest BCUT2D eigenvalue weighted by atomic mass is 28.3. The maximum absolute atomic E-state index is 14.7. The molecule has 0 radical (unpaired) electrons. The normalized spacial score (nSPS) is 18.6. The molecule has 2 saturated heterocycles. The zero-order valence-corrected chi connectivity index (χ0v) is 30.9. The molecule has 0 unspecified atom stereocenters. The minimum Gasteiger partial charge on any atom is -0.361 e. The van der Waals surface area contributed by atoms with Crippen LogP contribution in [0.1, 0.15) is 65.8 Å². The molecule has 0 N–H and O–H groups in total. The number of nitriles is 1. The molecule has 0 spiro atoms. The van der Waals surface area contributed by atoms with Crippen LogP contribution in [0.25, 0.3) is 27.8 Å². The highest BCUT2D eigenvalue weighted by Gasteiger charge is 2.33. The summed E-state index contributed by atoms with van der Waals surface area (Å²) in [7, 11) is -1.35. The number of carbonyl (C=O) groups is 1. The number of benzene rings is 1. The fourth-order valence-electron chi connectivity index (χ4n) is 7.25. The highest BCUT2D eigenvalue weighted by Crippen LogP contribution is 2.41. The van der Waals surface area contributed by atoms with Crippen molar-refractivity contribution < 1.29 is 18.3 Å². The number of amides is 1. The Labute approximate surface area is 298 Å². The van der Waals surface area contributed by atoms with E-state index in [-0.39, 0.29) is 36.9 Å². The Morgan fingerprint density at radius 1 is 1.10 bits per heavy atom. The molecule has 1 amide bonds. The van der Waals surface area contributed by atoms with E-state index < -0.39 is 26.0 Å². The van der Waals surface area contributed by atoms with Gasteiger partial charge in [0.05, 0.1) is 24.2 Å². The minimum atomic E-state index is -1.35. The lowest BCUT2D eigenvalue weighted by molar-refractivity contribution is 0.0400. The average Bonchev–Trinajstić information content (AvgIpc) is 3.87. The van der Waals surface area contributed by atoms with Crippen LogP contribution in [0.5, 0.6) is 0 Å². The molecule has 0 bridgehead atoms. The molecule has 4 aromatic rings. The van der Waals surface area contributed by atoms with Crippen LogP contribution in [0.3, 0.4) is 0 Å². The van der Waals surface area contributed by atoms with E-state index in [0.29, 0.717) is 52.5 Å². The van der Waals surface area contributed by atoms with E-state index in [9.17, 15) is 23.6 Å². The number of rotatable bonds is 11. The van der Waals surface area contributed by atoms with Gasteiger partial charge in [-0.15, -0.1) is 0 Å². The maximum atomic E-state index is 14.7. The fraction of sp³-hybridized carbons (Fsp3) is 0.487. The van der Waals surface area contributed by atoms with Crippen LogP contribution < -0.4 is 5.56 Å². The number of ether oxygens (including phenoxy) is 1. The predicted octanol–water partition coefficient (Wildman–Crippen LogP) is 7.08. The van der Waals surface area contributed by atoms with Crippen LogP contribution in [-0.2, 0) is 18.0 Å². The Kier molecular flexibility index (Phi) is 9.73. The van der Waals surface area contributed by atoms with Crippen molar-refractivity contribution in [2.45, 2.75) is 83.7 Å². The number of piperidine rings is 1. The van der Waals surface area contributed by atoms with Crippen molar-refractivity contribution in [3.05, 3.63) is 81.3 Å². The molecule has 12 heteroatoms. The Hall–Kier alpha value is -4.18. The van der Waals surface area contributed by atoms with Crippen LogP contribution >= 0.6 is 0 Å². The Morgan fingerprint density at radius 3 is 2.57 bits per heavy atom. The fourth-order valence-corrected chi connectivity index (χ4v) is 8.01. The van der Waals surface area contributed by atoms with E-state index in [4.69, 9.17) is 9.72 Å². The SMILES string of the molecule is C[C@H]1CCCN(Cc2cc3c(C#N)cn(-c4cc(-c5ccc(F)cc5C(=O)N5CC(F)C5)cc(C5CC5)n4)c(=O)c3n2COCC[Si](C)(C)C)C1. The summed E-state index contributed by atoms with van der Waals surface area (Å²) in [4.78, 5) is 36.8. The molecule has 5 heterocycles. The van der Waals surface area contributed by atoms with Gasteiger partial charge in [-0.1, -0.05) is 32.6 Å². The van der Waals surface area contributed by atoms with Gasteiger partial charge in [-0.25, -0.2) is 13.8 Å². The van der Waals surface area contributed by atoms with Crippen molar-refractivity contribution >= 4 is 24.9 Å². The average molecular weight is 713 g/mol. The number of fused-ring (bicyclic) bond motifs is 1. The number of pyridine rings is 2. The largest absolute Gasteiger partial charge is 0.361 e. The number of hydrogen-bond donors (Lipinski definition) is 0. The summed E-state index contributed by atoms with van der Waals surface area (Å²) in [5.41, 5.74) is 3.28. The zero-order valence-electron chi connectivity index (χ0n) is 29.9. The second-order valence-corrected chi connectivity index (χ2v) is 21.5. The van der Waals surface area contributed by atoms with Gasteiger partial charge in [0.1, 0.15) is 36.1 Å². The molecule has 3 fully saturated rings. The van der Waals surface area contributed by atoms with Crippen LogP contribution in [-0.4, -0.2) is 76.9 Å². The zero-order chi connectivity index (χ0) is 36.0. The molecular formula is C39H46F2N6O3Si. The van der Waals surface area contributed by atoms with Gasteiger partial charge in [-0.3, -0.25) is 19.1 Å². The highest BCUT2D eigenvalue weighted by molar-refractivity contribution is 6.76. The van der Waals surface area contributed by atoms with Gasteiger partial charge in [-0.2, -0.15) is 5.26 Å². The van der Waals surface area contributed by atoms with Crippen molar-refractivity contribution in [2.24, 2.45) is 5.92 Å². The Bertz CT molecular complexity index is 2070. The number of aromatic nitrogens is 3. The summed E-state index contributed by atoms with van der Waals surface area (Å²) in [6.45, 7) is 12.4. The van der Waals surface area contributed by atoms with Gasteiger partial charge < -0.3 is 14.2 Å². The van der Waals surface area contributed by atoms with Crippen LogP contribution in [0.15, 0.2) is 47.4 Å². The minimum absolute atomic E-state index is 0.0314. The van der Waals surface area contributed by atoms with E-state index in [1.807, 2.05) is 16.7 Å². The van der Waals surface area contributed by atoms with Crippen molar-refractivity contribution in [1.29, 1.82) is 5.26 Å². The molecule has 51 heavy (non-hydrogen) atoms. The molecule has 3 aliphatic rings. The summed E-state index contributed by atoms with van der Waals surface area (Å²) >= 11 is 0. The van der Waals surface area contributed by atoms with Crippen molar-refractivity contribution in [1.82, 2.24) is 23.9 Å². The lowest BCUT2D eigenvalue weighted by atomic mass is 9.96. The second kappa shape index (κ2) is 14.1. The summed E-state index contributed by atoms with van der Waals surface area (Å²) in [5, 5.41) is 11.0. The first kappa shape index (κ1) is 35.2. The topological polar surface area (TPSA) is 96.4 Å². The molecule has 1 atom stereocenters. The molecule has 268 valence electrons. The quantitative estimate of drug-likeness (QED) is 0.122. The van der Waals surface area contributed by atoms with Crippen LogP contribution in [0.2, 0.25) is 25.7 Å². The number of hydrogen-bond acceptors (Lipinski definition) is 6. The van der Waals surface area contributed by atoms with Crippen LogP contribution in [0.4, 0.5) is 8.78 Å². The molecule has 1 aromatic carbocycles. The van der Waals surface area contributed by atoms with E-state index in [2.05, 4.69) is 37.5 Å². The van der Waals surface area contributed by atoms with Gasteiger partial charge in [0, 0.05) is 56.7 Å². The Balaban J connectivity index is 1.35. The lowest BCUT2D eigenvalue weighted by Crippen LogP contribution is -2.51. The van der Waals surface area contributed by atoms with Crippen molar-refractivity contribution in [2.75, 3.05) is 32.8 Å². The number of carbonyl (C=O) groups excluding carboxylic acids is 1. The molecule has 1 saturated carbocycles. The van der Waals surface area contributed by atoms with E-state index in [1.165, 1.54) is 28.0 Å². The van der Waals surface area contributed by atoms with Crippen LogP contribution in [0, 0.1) is 23.1 Å². The van der Waals surface area contributed by atoms with Gasteiger partial charge in [0.25, 0.3) is 11.5 Å². The number of alkyl halides is 1. The third-order valence-corrected chi connectivity index (χ3v) is 12.0. The lowest BCUT2D eigenvalue weighted by Gasteiger charge is -2.34. The van der Waals surface area contributed by atoms with E-state index >= 15 is 0 Å². The third-order valence-electron chi connectivity index (χ3n) is 10.3. The van der Waals surface area contributed by atoms with Gasteiger partial charge >= 0.3 is 0 Å². The van der Waals surface area contributed by atoms with Crippen molar-refractivity contribution in [3.63, 3.8) is 0 Å². The number of nitrogens with zero attached hydrogens (tertiary/aromatic N) is 6. The number of halogens is 2. The van der Waals surface area contributed by atoms with Gasteiger partial charge in [0.15, 0.2) is 0 Å². The van der Waals surface area contributed by atoms with E-state index in [0.717, 1.165) is 49.8 Å². The Morgan fingerprint density at radius 2 is 1.88 bits per heavy atom. The first-order valence-corrected chi connectivity index (χ1v) is 21.8. The second-order valence-electron chi connectivity index (χ2n) is 15.9. The summed E-state index contributed by atoms with van der Waals surface area (Å²) in [6, 6.07) is 12.9. The van der Waals surface area contributed by atoms with E-state index in [1.54, 1.807) is 18.3 Å². The smallest absolute Gasteiger partial charge is 0.280 e. The predicted molar refractivity (Wildman–Crippen MR) is 196 cm³/mol. The molecular weight excluding hydrogens is 667 g/mol. The molecule has 3 aromatic heterocycles. The number of likely N-dealkylation sites (tertiary alicyclic amines) is 2. The molecule has 2 aliphatic heterocycles. The first-order chi connectivity index (χ1) is 24.4.